The largest absolute Gasteiger partial charge is 0.495 e. The third kappa shape index (κ3) is 2.94. The molecule has 2 heterocycles. The highest BCUT2D eigenvalue weighted by Crippen LogP contribution is 2.44. The van der Waals surface area contributed by atoms with E-state index in [4.69, 9.17) is 14.2 Å². The molecule has 1 aromatic rings. The van der Waals surface area contributed by atoms with Crippen molar-refractivity contribution in [1.29, 1.82) is 0 Å². The zero-order valence-corrected chi connectivity index (χ0v) is 15.3. The summed E-state index contributed by atoms with van der Waals surface area (Å²) in [5.74, 6) is 0.739. The topological polar surface area (TPSA) is 65.1 Å². The summed E-state index contributed by atoms with van der Waals surface area (Å²) < 4.78 is 43.7. The molecule has 0 saturated carbocycles. The zero-order chi connectivity index (χ0) is 17.4. The Balaban J connectivity index is 1.77. The van der Waals surface area contributed by atoms with E-state index in [1.807, 2.05) is 6.92 Å². The molecule has 0 N–H and O–H groups in total. The summed E-state index contributed by atoms with van der Waals surface area (Å²) in [5.41, 5.74) is 0.619. The van der Waals surface area contributed by atoms with Crippen LogP contribution in [0.4, 0.5) is 0 Å². The molecule has 2 fully saturated rings. The molecule has 2 aliphatic rings. The molecular weight excluding hydrogens is 330 g/mol. The molecule has 0 bridgehead atoms. The lowest BCUT2D eigenvalue weighted by Gasteiger charge is -2.49. The van der Waals surface area contributed by atoms with Crippen molar-refractivity contribution in [1.82, 2.24) is 4.31 Å². The zero-order valence-electron chi connectivity index (χ0n) is 14.4. The third-order valence-corrected chi connectivity index (χ3v) is 6.93. The van der Waals surface area contributed by atoms with Gasteiger partial charge < -0.3 is 14.2 Å². The monoisotopic (exact) mass is 355 g/mol. The first-order valence-corrected chi connectivity index (χ1v) is 9.64. The Kier molecular flexibility index (Phi) is 4.88. The summed E-state index contributed by atoms with van der Waals surface area (Å²) >= 11 is 0. The Morgan fingerprint density at radius 3 is 2.75 bits per heavy atom. The van der Waals surface area contributed by atoms with E-state index in [-0.39, 0.29) is 10.5 Å². The minimum absolute atomic E-state index is 0.219. The second-order valence-corrected chi connectivity index (χ2v) is 8.51. The Morgan fingerprint density at radius 1 is 1.33 bits per heavy atom. The van der Waals surface area contributed by atoms with Crippen LogP contribution < -0.4 is 4.74 Å². The Hall–Kier alpha value is -1.15. The van der Waals surface area contributed by atoms with Gasteiger partial charge in [-0.15, -0.1) is 0 Å². The van der Waals surface area contributed by atoms with Crippen molar-refractivity contribution in [3.8, 4) is 5.75 Å². The lowest BCUT2D eigenvalue weighted by molar-refractivity contribution is -0.105. The van der Waals surface area contributed by atoms with Gasteiger partial charge in [-0.25, -0.2) is 8.42 Å². The molecular formula is C17H25NO5S. The van der Waals surface area contributed by atoms with Crippen molar-refractivity contribution < 1.29 is 22.6 Å². The number of sulfonamides is 1. The fourth-order valence-corrected chi connectivity index (χ4v) is 5.34. The van der Waals surface area contributed by atoms with Crippen LogP contribution in [0, 0.1) is 12.8 Å². The molecule has 1 spiro atoms. The Labute approximate surface area is 143 Å². The van der Waals surface area contributed by atoms with E-state index < -0.39 is 10.0 Å². The maximum absolute atomic E-state index is 12.9. The average Bonchev–Trinajstić information content (AvgIpc) is 2.94. The summed E-state index contributed by atoms with van der Waals surface area (Å²) in [6.07, 6.45) is 1.86. The summed E-state index contributed by atoms with van der Waals surface area (Å²) in [5, 5.41) is 0. The molecule has 24 heavy (non-hydrogen) atoms. The fraction of sp³-hybridized carbons (Fsp3) is 0.647. The van der Waals surface area contributed by atoms with Crippen LogP contribution in [-0.2, 0) is 19.5 Å². The van der Waals surface area contributed by atoms with Gasteiger partial charge in [0.05, 0.1) is 12.7 Å². The normalized spacial score (nSPS) is 23.4. The summed E-state index contributed by atoms with van der Waals surface area (Å²) in [7, 11) is -0.396. The summed E-state index contributed by atoms with van der Waals surface area (Å²) in [6, 6.07) is 5.15. The molecule has 0 radical (unpaired) electrons. The second-order valence-electron chi connectivity index (χ2n) is 6.61. The Morgan fingerprint density at radius 2 is 2.08 bits per heavy atom. The maximum atomic E-state index is 12.9. The van der Waals surface area contributed by atoms with Crippen molar-refractivity contribution in [2.45, 2.75) is 30.3 Å². The lowest BCUT2D eigenvalue weighted by Crippen LogP contribution is -2.65. The highest BCUT2D eigenvalue weighted by atomic mass is 32.2. The van der Waals surface area contributed by atoms with E-state index in [0.717, 1.165) is 18.4 Å². The molecule has 134 valence electrons. The first-order chi connectivity index (χ1) is 11.4. The van der Waals surface area contributed by atoms with Crippen molar-refractivity contribution in [2.24, 2.45) is 5.92 Å². The SMILES string of the molecule is COCC[C@@H]1CCOC12CN(S(=O)(=O)c1ccc(C)cc1OC)C2. The standard InChI is InChI=1S/C17H25NO5S/c1-13-4-5-16(15(10-13)22-3)24(19,20)18-11-17(12-18)14(6-8-21-2)7-9-23-17/h4-5,10,14H,6-9,11-12H2,1-3H3/t14-/m1/s1. The molecule has 0 unspecified atom stereocenters. The van der Waals surface area contributed by atoms with Gasteiger partial charge in [-0.05, 0) is 43.4 Å². The number of rotatable bonds is 6. The van der Waals surface area contributed by atoms with Crippen molar-refractivity contribution in [3.63, 3.8) is 0 Å². The average molecular weight is 355 g/mol. The van der Waals surface area contributed by atoms with Gasteiger partial charge in [0.25, 0.3) is 0 Å². The molecule has 2 aliphatic heterocycles. The number of aryl methyl sites for hydroxylation is 1. The number of ether oxygens (including phenoxy) is 3. The van der Waals surface area contributed by atoms with Gasteiger partial charge in [0.15, 0.2) is 0 Å². The van der Waals surface area contributed by atoms with Crippen LogP contribution in [0.1, 0.15) is 18.4 Å². The minimum Gasteiger partial charge on any atom is -0.495 e. The third-order valence-electron chi connectivity index (χ3n) is 5.10. The van der Waals surface area contributed by atoms with E-state index in [1.165, 1.54) is 11.4 Å². The summed E-state index contributed by atoms with van der Waals surface area (Å²) in [4.78, 5) is 0.219. The number of benzene rings is 1. The van der Waals surface area contributed by atoms with Crippen molar-refractivity contribution in [3.05, 3.63) is 23.8 Å². The Bertz CT molecular complexity index is 697. The first kappa shape index (κ1) is 17.7. The second kappa shape index (κ2) is 6.63. The molecule has 2 saturated heterocycles. The van der Waals surface area contributed by atoms with Crippen molar-refractivity contribution in [2.75, 3.05) is 40.5 Å². The van der Waals surface area contributed by atoms with E-state index in [1.54, 1.807) is 25.3 Å². The van der Waals surface area contributed by atoms with Gasteiger partial charge in [0, 0.05) is 33.4 Å². The number of hydrogen-bond acceptors (Lipinski definition) is 5. The first-order valence-electron chi connectivity index (χ1n) is 8.20. The molecule has 1 atom stereocenters. The van der Waals surface area contributed by atoms with Crippen LogP contribution in [0.2, 0.25) is 0 Å². The van der Waals surface area contributed by atoms with E-state index in [9.17, 15) is 8.42 Å². The van der Waals surface area contributed by atoms with Crippen LogP contribution in [0.15, 0.2) is 23.1 Å². The highest BCUT2D eigenvalue weighted by Gasteiger charge is 2.56. The van der Waals surface area contributed by atoms with E-state index in [0.29, 0.717) is 38.0 Å². The molecule has 0 aliphatic carbocycles. The van der Waals surface area contributed by atoms with Gasteiger partial charge in [-0.3, -0.25) is 0 Å². The molecule has 3 rings (SSSR count). The minimum atomic E-state index is -3.57. The number of nitrogens with zero attached hydrogens (tertiary/aromatic N) is 1. The van der Waals surface area contributed by atoms with E-state index in [2.05, 4.69) is 0 Å². The van der Waals surface area contributed by atoms with Crippen LogP contribution in [0.5, 0.6) is 5.75 Å². The molecule has 6 nitrogen and oxygen atoms in total. The quantitative estimate of drug-likeness (QED) is 0.779. The predicted octanol–water partition coefficient (Wildman–Crippen LogP) is 1.82. The predicted molar refractivity (Wildman–Crippen MR) is 89.8 cm³/mol. The fourth-order valence-electron chi connectivity index (χ4n) is 3.65. The smallest absolute Gasteiger partial charge is 0.246 e. The van der Waals surface area contributed by atoms with Gasteiger partial charge in [0.2, 0.25) is 10.0 Å². The molecule has 1 aromatic carbocycles. The van der Waals surface area contributed by atoms with Gasteiger partial charge >= 0.3 is 0 Å². The van der Waals surface area contributed by atoms with Gasteiger partial charge in [0.1, 0.15) is 10.6 Å². The summed E-state index contributed by atoms with van der Waals surface area (Å²) in [6.45, 7) is 4.08. The van der Waals surface area contributed by atoms with Crippen LogP contribution in [0.3, 0.4) is 0 Å². The lowest BCUT2D eigenvalue weighted by atomic mass is 9.80. The van der Waals surface area contributed by atoms with E-state index >= 15 is 0 Å². The maximum Gasteiger partial charge on any atom is 0.246 e. The molecule has 0 amide bonds. The van der Waals surface area contributed by atoms with Gasteiger partial charge in [-0.2, -0.15) is 4.31 Å². The highest BCUT2D eigenvalue weighted by molar-refractivity contribution is 7.89. The molecule has 0 aromatic heterocycles. The molecule has 7 heteroatoms. The van der Waals surface area contributed by atoms with Crippen LogP contribution in [-0.4, -0.2) is 58.8 Å². The van der Waals surface area contributed by atoms with Crippen LogP contribution in [0.25, 0.3) is 0 Å². The van der Waals surface area contributed by atoms with Gasteiger partial charge in [-0.1, -0.05) is 6.07 Å². The van der Waals surface area contributed by atoms with Crippen molar-refractivity contribution >= 4 is 10.0 Å². The van der Waals surface area contributed by atoms with Crippen LogP contribution >= 0.6 is 0 Å². The number of hydrogen-bond donors (Lipinski definition) is 0. The number of methoxy groups -OCH3 is 2.